The number of ether oxygens (including phenoxy) is 1. The SMILES string of the molecule is C=CCCCCOC(=O)[C@H]1[C@H]2C(=O)N([C@@H](CO)CC(C)C)C(C(=O)N(CC=C)C3CCCCC3)C23CC[C@]1(C)S3. The second kappa shape index (κ2) is 13.0. The van der Waals surface area contributed by atoms with Crippen molar-refractivity contribution in [2.24, 2.45) is 17.8 Å². The molecule has 1 N–H and O–H groups in total. The monoisotopic (exact) mass is 574 g/mol. The summed E-state index contributed by atoms with van der Waals surface area (Å²) >= 11 is 1.68. The highest BCUT2D eigenvalue weighted by molar-refractivity contribution is 8.02. The van der Waals surface area contributed by atoms with Crippen LogP contribution in [0.15, 0.2) is 25.3 Å². The van der Waals surface area contributed by atoms with E-state index in [0.717, 1.165) is 51.4 Å². The summed E-state index contributed by atoms with van der Waals surface area (Å²) in [5.41, 5.74) is 0. The molecule has 7 nitrogen and oxygen atoms in total. The number of carbonyl (C=O) groups is 3. The lowest BCUT2D eigenvalue weighted by Crippen LogP contribution is -2.59. The molecule has 4 rings (SSSR count). The summed E-state index contributed by atoms with van der Waals surface area (Å²) < 4.78 is 4.64. The Hall–Kier alpha value is -1.80. The first-order chi connectivity index (χ1) is 19.1. The summed E-state index contributed by atoms with van der Waals surface area (Å²) in [6.07, 6.45) is 13.5. The molecule has 4 aliphatic rings. The Balaban J connectivity index is 1.71. The van der Waals surface area contributed by atoms with Gasteiger partial charge >= 0.3 is 5.97 Å². The van der Waals surface area contributed by atoms with Crippen LogP contribution in [0.4, 0.5) is 0 Å². The molecule has 224 valence electrons. The Bertz CT molecular complexity index is 965. The lowest BCUT2D eigenvalue weighted by atomic mass is 9.66. The molecule has 2 bridgehead atoms. The molecule has 6 atom stereocenters. The molecule has 4 fully saturated rings. The van der Waals surface area contributed by atoms with E-state index in [1.165, 1.54) is 6.42 Å². The molecule has 8 heteroatoms. The zero-order chi connectivity index (χ0) is 29.1. The summed E-state index contributed by atoms with van der Waals surface area (Å²) in [5, 5.41) is 10.5. The fourth-order valence-electron chi connectivity index (χ4n) is 7.98. The van der Waals surface area contributed by atoms with E-state index < -0.39 is 33.4 Å². The van der Waals surface area contributed by atoms with Gasteiger partial charge in [0, 0.05) is 17.3 Å². The van der Waals surface area contributed by atoms with Gasteiger partial charge in [-0.15, -0.1) is 24.9 Å². The third kappa shape index (κ3) is 5.64. The van der Waals surface area contributed by atoms with E-state index in [1.807, 2.05) is 11.0 Å². The Morgan fingerprint density at radius 2 is 1.90 bits per heavy atom. The van der Waals surface area contributed by atoms with Crippen molar-refractivity contribution in [3.8, 4) is 0 Å². The minimum atomic E-state index is -0.708. The Labute approximate surface area is 245 Å². The summed E-state index contributed by atoms with van der Waals surface area (Å²) in [6.45, 7) is 14.5. The summed E-state index contributed by atoms with van der Waals surface area (Å²) in [7, 11) is 0. The maximum atomic E-state index is 14.7. The van der Waals surface area contributed by atoms with Gasteiger partial charge in [0.05, 0.1) is 35.8 Å². The smallest absolute Gasteiger partial charge is 0.311 e. The molecule has 0 aromatic rings. The highest BCUT2D eigenvalue weighted by atomic mass is 32.2. The molecule has 1 aliphatic carbocycles. The number of thioether (sulfide) groups is 1. The molecule has 3 heterocycles. The van der Waals surface area contributed by atoms with Crippen molar-refractivity contribution in [1.29, 1.82) is 0 Å². The molecule has 2 amide bonds. The van der Waals surface area contributed by atoms with Gasteiger partial charge in [-0.25, -0.2) is 0 Å². The highest BCUT2D eigenvalue weighted by Crippen LogP contribution is 2.72. The number of fused-ring (bicyclic) bond motifs is 1. The molecular weight excluding hydrogens is 524 g/mol. The van der Waals surface area contributed by atoms with Crippen molar-refractivity contribution in [3.05, 3.63) is 25.3 Å². The summed E-state index contributed by atoms with van der Waals surface area (Å²) in [5.74, 6) is -1.51. The van der Waals surface area contributed by atoms with Crippen LogP contribution < -0.4 is 0 Å². The number of hydrogen-bond acceptors (Lipinski definition) is 6. The summed E-state index contributed by atoms with van der Waals surface area (Å²) in [6, 6.07) is -1.05. The quantitative estimate of drug-likeness (QED) is 0.176. The number of aliphatic hydroxyl groups excluding tert-OH is 1. The van der Waals surface area contributed by atoms with E-state index in [4.69, 9.17) is 4.74 Å². The van der Waals surface area contributed by atoms with Gasteiger partial charge in [0.1, 0.15) is 6.04 Å². The Kier molecular flexibility index (Phi) is 10.1. The molecule has 2 unspecified atom stereocenters. The van der Waals surface area contributed by atoms with Crippen molar-refractivity contribution in [2.75, 3.05) is 19.8 Å². The number of hydrogen-bond donors (Lipinski definition) is 1. The molecule has 0 aromatic heterocycles. The molecule has 1 spiro atoms. The third-order valence-corrected chi connectivity index (χ3v) is 11.7. The first-order valence-electron chi connectivity index (χ1n) is 15.5. The summed E-state index contributed by atoms with van der Waals surface area (Å²) in [4.78, 5) is 46.6. The van der Waals surface area contributed by atoms with Crippen LogP contribution in [0.1, 0.15) is 91.4 Å². The van der Waals surface area contributed by atoms with Gasteiger partial charge in [-0.3, -0.25) is 14.4 Å². The minimum absolute atomic E-state index is 0.0416. The van der Waals surface area contributed by atoms with Crippen LogP contribution in [0, 0.1) is 17.8 Å². The fourth-order valence-corrected chi connectivity index (χ4v) is 10.3. The highest BCUT2D eigenvalue weighted by Gasteiger charge is 2.78. The number of unbranched alkanes of at least 4 members (excludes halogenated alkanes) is 2. The standard InChI is InChI=1S/C32H50N2O5S/c1-6-8-9-13-19-39-30(38)26-25-28(36)34(24(21-35)20-22(3)4)27(32(25)17-16-31(26,5)40-32)29(37)33(18-7-2)23-14-11-10-12-15-23/h6-7,22-27,35H,1-2,8-21H2,3-5H3/t24-,25+,26-,27?,31+,32?/m1/s1. The third-order valence-electron chi connectivity index (χ3n) is 9.72. The minimum Gasteiger partial charge on any atom is -0.465 e. The van der Waals surface area contributed by atoms with Crippen molar-refractivity contribution in [2.45, 2.75) is 119 Å². The number of esters is 1. The average Bonchev–Trinajstić information content (AvgIpc) is 3.50. The van der Waals surface area contributed by atoms with Crippen molar-refractivity contribution in [3.63, 3.8) is 0 Å². The largest absolute Gasteiger partial charge is 0.465 e. The van der Waals surface area contributed by atoms with Crippen LogP contribution in [0.25, 0.3) is 0 Å². The van der Waals surface area contributed by atoms with Crippen LogP contribution in [0.2, 0.25) is 0 Å². The number of rotatable bonds is 14. The first kappa shape index (κ1) is 31.1. The average molecular weight is 575 g/mol. The molecular formula is C32H50N2O5S. The number of allylic oxidation sites excluding steroid dienone is 1. The molecule has 0 aromatic carbocycles. The van der Waals surface area contributed by atoms with E-state index in [0.29, 0.717) is 26.0 Å². The fraction of sp³-hybridized carbons (Fsp3) is 0.781. The van der Waals surface area contributed by atoms with E-state index in [9.17, 15) is 19.5 Å². The Morgan fingerprint density at radius 1 is 1.18 bits per heavy atom. The topological polar surface area (TPSA) is 87.1 Å². The van der Waals surface area contributed by atoms with E-state index >= 15 is 0 Å². The molecule has 3 saturated heterocycles. The Morgan fingerprint density at radius 3 is 2.52 bits per heavy atom. The normalized spacial score (nSPS) is 32.3. The van der Waals surface area contributed by atoms with Gasteiger partial charge in [0.25, 0.3) is 0 Å². The van der Waals surface area contributed by atoms with Gasteiger partial charge in [-0.2, -0.15) is 0 Å². The second-order valence-electron chi connectivity index (χ2n) is 13.0. The zero-order valence-corrected chi connectivity index (χ0v) is 25.6. The van der Waals surface area contributed by atoms with Gasteiger partial charge in [0.2, 0.25) is 11.8 Å². The van der Waals surface area contributed by atoms with Crippen molar-refractivity contribution >= 4 is 29.5 Å². The second-order valence-corrected chi connectivity index (χ2v) is 14.9. The lowest BCUT2D eigenvalue weighted by molar-refractivity contribution is -0.156. The lowest BCUT2D eigenvalue weighted by Gasteiger charge is -2.42. The maximum absolute atomic E-state index is 14.7. The van der Waals surface area contributed by atoms with Gasteiger partial charge in [-0.1, -0.05) is 45.3 Å². The molecule has 3 aliphatic heterocycles. The van der Waals surface area contributed by atoms with Gasteiger partial charge in [0.15, 0.2) is 0 Å². The molecule has 1 saturated carbocycles. The number of likely N-dealkylation sites (tertiary alicyclic amines) is 1. The van der Waals surface area contributed by atoms with Crippen molar-refractivity contribution < 1.29 is 24.2 Å². The zero-order valence-electron chi connectivity index (χ0n) is 24.8. The van der Waals surface area contributed by atoms with Gasteiger partial charge < -0.3 is 19.6 Å². The van der Waals surface area contributed by atoms with Crippen LogP contribution in [0.3, 0.4) is 0 Å². The maximum Gasteiger partial charge on any atom is 0.311 e. The van der Waals surface area contributed by atoms with Crippen molar-refractivity contribution in [1.82, 2.24) is 9.80 Å². The number of amides is 2. The predicted molar refractivity (Wildman–Crippen MR) is 160 cm³/mol. The van der Waals surface area contributed by atoms with Gasteiger partial charge in [-0.05, 0) is 64.2 Å². The van der Waals surface area contributed by atoms with Crippen LogP contribution in [-0.2, 0) is 19.1 Å². The first-order valence-corrected chi connectivity index (χ1v) is 16.3. The van der Waals surface area contributed by atoms with E-state index in [-0.39, 0.29) is 36.4 Å². The molecule has 0 radical (unpaired) electrons. The van der Waals surface area contributed by atoms with Crippen LogP contribution >= 0.6 is 11.8 Å². The van der Waals surface area contributed by atoms with E-state index in [1.54, 1.807) is 22.7 Å². The number of aliphatic hydroxyl groups is 1. The van der Waals surface area contributed by atoms with Crippen LogP contribution in [-0.4, -0.2) is 80.1 Å². The van der Waals surface area contributed by atoms with Crippen LogP contribution in [0.5, 0.6) is 0 Å². The van der Waals surface area contributed by atoms with E-state index in [2.05, 4.69) is 33.9 Å². The number of nitrogens with zero attached hydrogens (tertiary/aromatic N) is 2. The number of carbonyl (C=O) groups excluding carboxylic acids is 3. The predicted octanol–water partition coefficient (Wildman–Crippen LogP) is 5.12. The molecule has 40 heavy (non-hydrogen) atoms.